The number of fused-ring (bicyclic) bond motifs is 1. The molecule has 30 heavy (non-hydrogen) atoms. The van der Waals surface area contributed by atoms with Gasteiger partial charge in [-0.1, -0.05) is 18.2 Å². The fourth-order valence-electron chi connectivity index (χ4n) is 3.41. The van der Waals surface area contributed by atoms with Gasteiger partial charge in [-0.15, -0.1) is 0 Å². The van der Waals surface area contributed by atoms with Gasteiger partial charge in [0, 0.05) is 30.6 Å². The minimum absolute atomic E-state index is 0.0817. The Hall–Kier alpha value is -3.43. The monoisotopic (exact) mass is 418 g/mol. The van der Waals surface area contributed by atoms with Gasteiger partial charge in [0.1, 0.15) is 29.0 Å². The van der Waals surface area contributed by atoms with Crippen LogP contribution in [0.15, 0.2) is 51.9 Å². The van der Waals surface area contributed by atoms with E-state index in [0.29, 0.717) is 36.9 Å². The van der Waals surface area contributed by atoms with Crippen molar-refractivity contribution in [2.75, 3.05) is 18.0 Å². The number of carbonyl (C=O) groups is 1. The van der Waals surface area contributed by atoms with Crippen LogP contribution in [-0.2, 0) is 6.18 Å². The van der Waals surface area contributed by atoms with E-state index in [1.807, 2.05) is 0 Å². The molecule has 7 nitrogen and oxygen atoms in total. The Labute approximate surface area is 168 Å². The average molecular weight is 418 g/mol. The lowest BCUT2D eigenvalue weighted by Gasteiger charge is -2.33. The molecule has 156 valence electrons. The molecule has 1 aliphatic heterocycles. The van der Waals surface area contributed by atoms with E-state index in [4.69, 9.17) is 4.42 Å². The highest BCUT2D eigenvalue weighted by molar-refractivity contribution is 5.96. The first-order chi connectivity index (χ1) is 14.3. The molecule has 0 unspecified atom stereocenters. The molecule has 0 radical (unpaired) electrons. The number of aromatic nitrogens is 2. The number of benzene rings is 1. The summed E-state index contributed by atoms with van der Waals surface area (Å²) in [6, 6.07) is 9.08. The first-order valence-corrected chi connectivity index (χ1v) is 9.29. The molecule has 1 N–H and O–H groups in total. The van der Waals surface area contributed by atoms with Gasteiger partial charge in [-0.05, 0) is 25.0 Å². The molecule has 0 bridgehead atoms. The zero-order valence-corrected chi connectivity index (χ0v) is 15.6. The van der Waals surface area contributed by atoms with Crippen LogP contribution < -0.4 is 15.8 Å². The zero-order valence-electron chi connectivity index (χ0n) is 15.6. The van der Waals surface area contributed by atoms with Crippen LogP contribution in [0.3, 0.4) is 0 Å². The van der Waals surface area contributed by atoms with Crippen molar-refractivity contribution in [3.63, 3.8) is 0 Å². The molecule has 0 saturated carbocycles. The molecular weight excluding hydrogens is 401 g/mol. The van der Waals surface area contributed by atoms with E-state index in [0.717, 1.165) is 12.4 Å². The van der Waals surface area contributed by atoms with Crippen molar-refractivity contribution in [2.45, 2.75) is 25.1 Å². The van der Waals surface area contributed by atoms with Gasteiger partial charge in [0.2, 0.25) is 0 Å². The maximum atomic E-state index is 12.8. The second-order valence-electron chi connectivity index (χ2n) is 6.98. The molecule has 1 saturated heterocycles. The Kier molecular flexibility index (Phi) is 5.15. The summed E-state index contributed by atoms with van der Waals surface area (Å²) in [4.78, 5) is 33.6. The largest absolute Gasteiger partial charge is 0.433 e. The van der Waals surface area contributed by atoms with Gasteiger partial charge in [0.05, 0.1) is 0 Å². The molecule has 0 aliphatic carbocycles. The highest BCUT2D eigenvalue weighted by Crippen LogP contribution is 2.29. The molecule has 3 heterocycles. The van der Waals surface area contributed by atoms with Crippen LogP contribution in [0.1, 0.15) is 28.9 Å². The maximum Gasteiger partial charge on any atom is 0.433 e. The number of rotatable bonds is 3. The number of piperidine rings is 1. The molecule has 1 aliphatic rings. The van der Waals surface area contributed by atoms with E-state index < -0.39 is 23.4 Å². The quantitative estimate of drug-likeness (QED) is 0.658. The molecule has 1 amide bonds. The summed E-state index contributed by atoms with van der Waals surface area (Å²) in [6.45, 7) is 0.817. The number of anilines is 1. The van der Waals surface area contributed by atoms with Crippen molar-refractivity contribution in [3.05, 3.63) is 64.4 Å². The smallest absolute Gasteiger partial charge is 0.422 e. The summed E-state index contributed by atoms with van der Waals surface area (Å²) in [5.74, 6) is -0.341. The summed E-state index contributed by atoms with van der Waals surface area (Å²) in [7, 11) is 0. The van der Waals surface area contributed by atoms with E-state index in [2.05, 4.69) is 15.3 Å². The number of alkyl halides is 3. The number of hydrogen-bond acceptors (Lipinski definition) is 6. The Morgan fingerprint density at radius 1 is 1.13 bits per heavy atom. The third-order valence-corrected chi connectivity index (χ3v) is 4.98. The second kappa shape index (κ2) is 7.77. The number of carbonyl (C=O) groups excluding carboxylic acids is 1. The molecule has 1 fully saturated rings. The zero-order chi connectivity index (χ0) is 21.3. The highest BCUT2D eigenvalue weighted by Gasteiger charge is 2.33. The van der Waals surface area contributed by atoms with Crippen molar-refractivity contribution < 1.29 is 22.4 Å². The molecule has 3 aromatic rings. The molecule has 0 atom stereocenters. The first kappa shape index (κ1) is 19.9. The lowest BCUT2D eigenvalue weighted by atomic mass is 10.0. The van der Waals surface area contributed by atoms with E-state index in [1.165, 1.54) is 6.07 Å². The van der Waals surface area contributed by atoms with Crippen molar-refractivity contribution >= 4 is 22.7 Å². The summed E-state index contributed by atoms with van der Waals surface area (Å²) in [5.41, 5.74) is -1.40. The van der Waals surface area contributed by atoms with Crippen LogP contribution >= 0.6 is 0 Å². The predicted molar refractivity (Wildman–Crippen MR) is 102 cm³/mol. The third-order valence-electron chi connectivity index (χ3n) is 4.98. The molecule has 4 rings (SSSR count). The summed E-state index contributed by atoms with van der Waals surface area (Å²) in [5, 5.41) is 3.45. The van der Waals surface area contributed by atoms with Gasteiger partial charge in [-0.2, -0.15) is 13.2 Å². The van der Waals surface area contributed by atoms with Crippen LogP contribution in [0.2, 0.25) is 0 Å². The Bertz CT molecular complexity index is 1140. The van der Waals surface area contributed by atoms with E-state index in [1.54, 1.807) is 29.2 Å². The Morgan fingerprint density at radius 2 is 1.87 bits per heavy atom. The minimum atomic E-state index is -4.54. The SMILES string of the molecule is O=C(NC1CCN(c2cc(C(F)(F)F)ncn2)CC1)c1cc2ccccc2oc1=O. The number of halogens is 3. The van der Waals surface area contributed by atoms with Crippen LogP contribution in [0.4, 0.5) is 19.0 Å². The number of hydrogen-bond donors (Lipinski definition) is 1. The van der Waals surface area contributed by atoms with Crippen LogP contribution in [-0.4, -0.2) is 35.0 Å². The minimum Gasteiger partial charge on any atom is -0.422 e. The second-order valence-corrected chi connectivity index (χ2v) is 6.98. The maximum absolute atomic E-state index is 12.8. The topological polar surface area (TPSA) is 88.3 Å². The predicted octanol–water partition coefficient (Wildman–Crippen LogP) is 3.00. The number of nitrogens with zero attached hydrogens (tertiary/aromatic N) is 3. The first-order valence-electron chi connectivity index (χ1n) is 9.29. The van der Waals surface area contributed by atoms with Crippen molar-refractivity contribution in [3.8, 4) is 0 Å². The van der Waals surface area contributed by atoms with Gasteiger partial charge in [-0.3, -0.25) is 4.79 Å². The van der Waals surface area contributed by atoms with Crippen LogP contribution in [0, 0.1) is 0 Å². The van der Waals surface area contributed by atoms with E-state index in [9.17, 15) is 22.8 Å². The normalized spacial score (nSPS) is 15.4. The van der Waals surface area contributed by atoms with E-state index >= 15 is 0 Å². The van der Waals surface area contributed by atoms with Crippen molar-refractivity contribution in [1.29, 1.82) is 0 Å². The average Bonchev–Trinajstić information content (AvgIpc) is 2.73. The highest BCUT2D eigenvalue weighted by atomic mass is 19.4. The van der Waals surface area contributed by atoms with E-state index in [-0.39, 0.29) is 17.4 Å². The number of amides is 1. The molecular formula is C20H17F3N4O3. The summed E-state index contributed by atoms with van der Waals surface area (Å²) in [6.07, 6.45) is -2.65. The lowest BCUT2D eigenvalue weighted by Crippen LogP contribution is -2.45. The van der Waals surface area contributed by atoms with Crippen LogP contribution in [0.5, 0.6) is 0 Å². The summed E-state index contributed by atoms with van der Waals surface area (Å²) < 4.78 is 43.7. The number of nitrogens with one attached hydrogen (secondary N) is 1. The Morgan fingerprint density at radius 3 is 2.60 bits per heavy atom. The molecule has 2 aromatic heterocycles. The van der Waals surface area contributed by atoms with Gasteiger partial charge in [-0.25, -0.2) is 14.8 Å². The number of para-hydroxylation sites is 1. The van der Waals surface area contributed by atoms with Crippen molar-refractivity contribution in [1.82, 2.24) is 15.3 Å². The molecule has 0 spiro atoms. The standard InChI is InChI=1S/C20H17F3N4O3/c21-20(22,23)16-10-17(25-11-24-16)27-7-5-13(6-8-27)26-18(28)14-9-12-3-1-2-4-15(12)30-19(14)29/h1-4,9-11,13H,5-8H2,(H,26,28). The molecule has 10 heteroatoms. The van der Waals surface area contributed by atoms with Gasteiger partial charge < -0.3 is 14.6 Å². The van der Waals surface area contributed by atoms with Crippen molar-refractivity contribution in [2.24, 2.45) is 0 Å². The Balaban J connectivity index is 1.41. The fraction of sp³-hybridized carbons (Fsp3) is 0.300. The fourth-order valence-corrected chi connectivity index (χ4v) is 3.41. The summed E-state index contributed by atoms with van der Waals surface area (Å²) >= 11 is 0. The van der Waals surface area contributed by atoms with Gasteiger partial charge in [0.25, 0.3) is 5.91 Å². The molecule has 1 aromatic carbocycles. The third kappa shape index (κ3) is 4.12. The lowest BCUT2D eigenvalue weighted by molar-refractivity contribution is -0.141. The van der Waals surface area contributed by atoms with Crippen LogP contribution in [0.25, 0.3) is 11.0 Å². The van der Waals surface area contributed by atoms with Gasteiger partial charge in [0.15, 0.2) is 0 Å². The van der Waals surface area contributed by atoms with Gasteiger partial charge >= 0.3 is 11.8 Å².